The molecule has 0 saturated heterocycles. The Morgan fingerprint density at radius 1 is 0.469 bits per heavy atom. The second kappa shape index (κ2) is 52.1. The molecule has 6 heteroatoms. The number of nitrogens with one attached hydrogen (secondary N) is 1. The molecule has 0 aliphatic carbocycles. The SMILES string of the molecule is CC/C=C/C/C=C/C/C=C/CCCCCCC(=O)OC(CCCCCCCCCCCCCCCCCC)CC(=O)NC(CO)C(O)CCCCCCCCCCCCCCCCC. The van der Waals surface area contributed by atoms with Crippen molar-refractivity contribution < 1.29 is 24.5 Å². The smallest absolute Gasteiger partial charge is 0.306 e. The largest absolute Gasteiger partial charge is 0.462 e. The molecule has 64 heavy (non-hydrogen) atoms. The van der Waals surface area contributed by atoms with Crippen LogP contribution in [-0.4, -0.2) is 46.9 Å². The molecule has 0 aliphatic heterocycles. The molecule has 6 nitrogen and oxygen atoms in total. The van der Waals surface area contributed by atoms with Crippen molar-refractivity contribution in [1.29, 1.82) is 0 Å². The van der Waals surface area contributed by atoms with Gasteiger partial charge in [0.15, 0.2) is 0 Å². The number of hydrogen-bond donors (Lipinski definition) is 3. The first kappa shape index (κ1) is 62.1. The molecule has 1 amide bonds. The molecule has 3 N–H and O–H groups in total. The second-order valence-corrected chi connectivity index (χ2v) is 19.3. The zero-order valence-corrected chi connectivity index (χ0v) is 42.9. The van der Waals surface area contributed by atoms with Crippen LogP contribution in [0.3, 0.4) is 0 Å². The van der Waals surface area contributed by atoms with Crippen molar-refractivity contribution in [3.05, 3.63) is 36.5 Å². The summed E-state index contributed by atoms with van der Waals surface area (Å²) in [6.07, 6.45) is 62.1. The van der Waals surface area contributed by atoms with E-state index in [0.29, 0.717) is 19.3 Å². The van der Waals surface area contributed by atoms with Crippen LogP contribution >= 0.6 is 0 Å². The van der Waals surface area contributed by atoms with E-state index in [1.165, 1.54) is 173 Å². The van der Waals surface area contributed by atoms with Crippen LogP contribution < -0.4 is 5.32 Å². The molecule has 3 atom stereocenters. The van der Waals surface area contributed by atoms with Gasteiger partial charge in [0.05, 0.1) is 25.2 Å². The Balaban J connectivity index is 4.55. The summed E-state index contributed by atoms with van der Waals surface area (Å²) in [6, 6.07) is -0.703. The Kier molecular flexibility index (Phi) is 50.5. The average molecular weight is 901 g/mol. The maximum Gasteiger partial charge on any atom is 0.306 e. The van der Waals surface area contributed by atoms with Gasteiger partial charge in [-0.2, -0.15) is 0 Å². The number of ether oxygens (including phenoxy) is 1. The topological polar surface area (TPSA) is 95.9 Å². The Morgan fingerprint density at radius 2 is 0.844 bits per heavy atom. The summed E-state index contributed by atoms with van der Waals surface area (Å²) in [5.74, 6) is -0.484. The van der Waals surface area contributed by atoms with Gasteiger partial charge in [-0.25, -0.2) is 0 Å². The zero-order valence-electron chi connectivity index (χ0n) is 42.9. The van der Waals surface area contributed by atoms with Crippen LogP contribution in [0.25, 0.3) is 0 Å². The summed E-state index contributed by atoms with van der Waals surface area (Å²) in [5.41, 5.74) is 0. The van der Waals surface area contributed by atoms with Gasteiger partial charge in [-0.05, 0) is 57.8 Å². The Morgan fingerprint density at radius 3 is 1.28 bits per heavy atom. The van der Waals surface area contributed by atoms with Gasteiger partial charge in [-0.1, -0.05) is 263 Å². The molecule has 0 saturated carbocycles. The number of aliphatic hydroxyl groups excluding tert-OH is 2. The minimum atomic E-state index is -0.789. The molecule has 376 valence electrons. The van der Waals surface area contributed by atoms with Crippen LogP contribution in [0.5, 0.6) is 0 Å². The molecular weight excluding hydrogens is 791 g/mol. The number of rotatable bonds is 51. The van der Waals surface area contributed by atoms with Gasteiger partial charge in [0, 0.05) is 6.42 Å². The quantitative estimate of drug-likeness (QED) is 0.0321. The fourth-order valence-corrected chi connectivity index (χ4v) is 8.74. The molecule has 0 spiro atoms. The third kappa shape index (κ3) is 46.6. The summed E-state index contributed by atoms with van der Waals surface area (Å²) >= 11 is 0. The first-order valence-corrected chi connectivity index (χ1v) is 28.2. The lowest BCUT2D eigenvalue weighted by Gasteiger charge is -2.24. The van der Waals surface area contributed by atoms with Gasteiger partial charge >= 0.3 is 5.97 Å². The number of unbranched alkanes of at least 4 members (excludes halogenated alkanes) is 33. The van der Waals surface area contributed by atoms with Crippen molar-refractivity contribution in [2.45, 2.75) is 315 Å². The highest BCUT2D eigenvalue weighted by atomic mass is 16.5. The maximum absolute atomic E-state index is 13.3. The second-order valence-electron chi connectivity index (χ2n) is 19.3. The van der Waals surface area contributed by atoms with Crippen LogP contribution in [0, 0.1) is 0 Å². The van der Waals surface area contributed by atoms with Crippen molar-refractivity contribution >= 4 is 11.9 Å². The van der Waals surface area contributed by atoms with Crippen molar-refractivity contribution in [3.63, 3.8) is 0 Å². The van der Waals surface area contributed by atoms with E-state index < -0.39 is 18.2 Å². The van der Waals surface area contributed by atoms with E-state index in [-0.39, 0.29) is 24.9 Å². The van der Waals surface area contributed by atoms with Crippen LogP contribution in [-0.2, 0) is 14.3 Å². The summed E-state index contributed by atoms with van der Waals surface area (Å²) in [6.45, 7) is 6.40. The van der Waals surface area contributed by atoms with Gasteiger partial charge < -0.3 is 20.3 Å². The fraction of sp³-hybridized carbons (Fsp3) is 0.862. The number of carbonyl (C=O) groups excluding carboxylic acids is 2. The van der Waals surface area contributed by atoms with Gasteiger partial charge in [-0.3, -0.25) is 9.59 Å². The Hall–Kier alpha value is -1.92. The molecule has 0 rings (SSSR count). The summed E-state index contributed by atoms with van der Waals surface area (Å²) < 4.78 is 5.95. The predicted octanol–water partition coefficient (Wildman–Crippen LogP) is 17.2. The predicted molar refractivity (Wildman–Crippen MR) is 278 cm³/mol. The highest BCUT2D eigenvalue weighted by Crippen LogP contribution is 2.19. The highest BCUT2D eigenvalue weighted by Gasteiger charge is 2.24. The monoisotopic (exact) mass is 900 g/mol. The molecule has 0 heterocycles. The van der Waals surface area contributed by atoms with E-state index in [4.69, 9.17) is 4.74 Å². The van der Waals surface area contributed by atoms with Crippen molar-refractivity contribution in [1.82, 2.24) is 5.32 Å². The number of carbonyl (C=O) groups is 2. The first-order valence-electron chi connectivity index (χ1n) is 28.2. The van der Waals surface area contributed by atoms with E-state index in [1.807, 2.05) is 0 Å². The molecule has 0 fully saturated rings. The van der Waals surface area contributed by atoms with Crippen molar-refractivity contribution in [2.75, 3.05) is 6.61 Å². The number of esters is 1. The van der Waals surface area contributed by atoms with Crippen molar-refractivity contribution in [2.24, 2.45) is 0 Å². The van der Waals surface area contributed by atoms with Crippen LogP contribution in [0.1, 0.15) is 297 Å². The number of hydrogen-bond acceptors (Lipinski definition) is 5. The lowest BCUT2D eigenvalue weighted by atomic mass is 10.0. The van der Waals surface area contributed by atoms with E-state index in [2.05, 4.69) is 62.5 Å². The Labute approximate surface area is 398 Å². The fourth-order valence-electron chi connectivity index (χ4n) is 8.74. The number of aliphatic hydroxyl groups is 2. The van der Waals surface area contributed by atoms with Gasteiger partial charge in [0.25, 0.3) is 0 Å². The van der Waals surface area contributed by atoms with E-state index >= 15 is 0 Å². The molecule has 0 aromatic heterocycles. The molecule has 0 aromatic carbocycles. The molecule has 0 aliphatic rings. The summed E-state index contributed by atoms with van der Waals surface area (Å²) in [5, 5.41) is 23.9. The van der Waals surface area contributed by atoms with Crippen molar-refractivity contribution in [3.8, 4) is 0 Å². The normalized spacial score (nSPS) is 13.4. The van der Waals surface area contributed by atoms with Gasteiger partial charge in [0.1, 0.15) is 6.10 Å². The first-order chi connectivity index (χ1) is 31.5. The molecule has 0 aromatic rings. The summed E-state index contributed by atoms with van der Waals surface area (Å²) in [7, 11) is 0. The van der Waals surface area contributed by atoms with E-state index in [0.717, 1.165) is 77.0 Å². The summed E-state index contributed by atoms with van der Waals surface area (Å²) in [4.78, 5) is 26.2. The molecule has 0 bridgehead atoms. The minimum Gasteiger partial charge on any atom is -0.462 e. The van der Waals surface area contributed by atoms with E-state index in [9.17, 15) is 19.8 Å². The maximum atomic E-state index is 13.3. The third-order valence-electron chi connectivity index (χ3n) is 13.0. The number of amides is 1. The van der Waals surface area contributed by atoms with Gasteiger partial charge in [0.2, 0.25) is 5.91 Å². The molecular formula is C58H109NO5. The number of allylic oxidation sites excluding steroid dienone is 6. The van der Waals surface area contributed by atoms with E-state index in [1.54, 1.807) is 0 Å². The average Bonchev–Trinajstić information content (AvgIpc) is 3.29. The van der Waals surface area contributed by atoms with Crippen LogP contribution in [0.15, 0.2) is 36.5 Å². The zero-order chi connectivity index (χ0) is 46.7. The van der Waals surface area contributed by atoms with Crippen LogP contribution in [0.2, 0.25) is 0 Å². The molecule has 3 unspecified atom stereocenters. The minimum absolute atomic E-state index is 0.0730. The Bertz CT molecular complexity index is 1060. The lowest BCUT2D eigenvalue weighted by Crippen LogP contribution is -2.46. The molecule has 0 radical (unpaired) electrons. The standard InChI is InChI=1S/C58H109NO5/c1-4-7-10-13-16-19-22-25-28-30-31-34-37-40-43-46-49-54(64-58(63)51-48-45-42-39-36-33-27-24-21-18-15-12-9-6-3)52-57(62)59-55(53-60)56(61)50-47-44-41-38-35-32-29-26-23-20-17-14-11-8-5-2/h9,12,18,21,27,33,54-56,60-61H,4-8,10-11,13-17,19-20,22-26,28-32,34-53H2,1-3H3,(H,59,62)/b12-9+,21-18+,33-27+. The highest BCUT2D eigenvalue weighted by molar-refractivity contribution is 5.77. The van der Waals surface area contributed by atoms with Gasteiger partial charge in [-0.15, -0.1) is 0 Å². The lowest BCUT2D eigenvalue weighted by molar-refractivity contribution is -0.151. The van der Waals surface area contributed by atoms with Crippen LogP contribution in [0.4, 0.5) is 0 Å². The third-order valence-corrected chi connectivity index (χ3v) is 13.0.